The molecule has 1 saturated carbocycles. The van der Waals surface area contributed by atoms with Gasteiger partial charge in [0.1, 0.15) is 17.3 Å². The summed E-state index contributed by atoms with van der Waals surface area (Å²) in [5.41, 5.74) is 1.61. The van der Waals surface area contributed by atoms with Gasteiger partial charge >= 0.3 is 11.9 Å². The van der Waals surface area contributed by atoms with Crippen LogP contribution in [0.5, 0.6) is 0 Å². The van der Waals surface area contributed by atoms with E-state index in [1.165, 1.54) is 19.9 Å². The predicted octanol–water partition coefficient (Wildman–Crippen LogP) is 3.58. The van der Waals surface area contributed by atoms with E-state index >= 15 is 0 Å². The van der Waals surface area contributed by atoms with Crippen LogP contribution in [0.4, 0.5) is 26.1 Å². The highest BCUT2D eigenvalue weighted by molar-refractivity contribution is 5.89. The van der Waals surface area contributed by atoms with Gasteiger partial charge in [-0.2, -0.15) is 8.78 Å². The second-order valence-electron chi connectivity index (χ2n) is 7.82. The molecular formula is C21H22F2N4O3. The largest absolute Gasteiger partial charge is 0.461 e. The highest BCUT2D eigenvalue weighted by atomic mass is 19.3. The summed E-state index contributed by atoms with van der Waals surface area (Å²) < 4.78 is 33.8. The zero-order chi connectivity index (χ0) is 21.7. The summed E-state index contributed by atoms with van der Waals surface area (Å²) in [5, 5.41) is 2.65. The van der Waals surface area contributed by atoms with Gasteiger partial charge in [-0.3, -0.25) is 4.79 Å². The Morgan fingerprint density at radius 2 is 2.03 bits per heavy atom. The number of halogens is 2. The first-order chi connectivity index (χ1) is 14.2. The van der Waals surface area contributed by atoms with Crippen molar-refractivity contribution in [1.82, 2.24) is 9.97 Å². The van der Waals surface area contributed by atoms with Gasteiger partial charge in [0.2, 0.25) is 5.91 Å². The molecule has 0 radical (unpaired) electrons. The molecule has 158 valence electrons. The minimum absolute atomic E-state index is 0.0770. The number of amides is 1. The normalized spacial score (nSPS) is 16.4. The summed E-state index contributed by atoms with van der Waals surface area (Å²) >= 11 is 0. The Morgan fingerprint density at radius 3 is 2.67 bits per heavy atom. The number of esters is 1. The molecule has 0 aromatic carbocycles. The lowest BCUT2D eigenvalue weighted by Crippen LogP contribution is -2.30. The van der Waals surface area contributed by atoms with Crippen molar-refractivity contribution in [2.24, 2.45) is 0 Å². The van der Waals surface area contributed by atoms with Crippen LogP contribution < -0.4 is 10.2 Å². The highest BCUT2D eigenvalue weighted by Crippen LogP contribution is 2.58. The maximum atomic E-state index is 14.6. The maximum Gasteiger partial charge on any atom is 0.384 e. The van der Waals surface area contributed by atoms with E-state index < -0.39 is 17.6 Å². The molecule has 4 rings (SSSR count). The van der Waals surface area contributed by atoms with Crippen molar-refractivity contribution in [2.75, 3.05) is 23.4 Å². The average Bonchev–Trinajstić information content (AvgIpc) is 3.38. The highest BCUT2D eigenvalue weighted by Gasteiger charge is 2.53. The lowest BCUT2D eigenvalue weighted by Gasteiger charge is -2.22. The smallest absolute Gasteiger partial charge is 0.384 e. The lowest BCUT2D eigenvalue weighted by molar-refractivity contribution is -0.173. The van der Waals surface area contributed by atoms with E-state index in [1.807, 2.05) is 4.90 Å². The summed E-state index contributed by atoms with van der Waals surface area (Å²) in [4.78, 5) is 33.5. The number of nitrogens with one attached hydrogen (secondary N) is 1. The summed E-state index contributed by atoms with van der Waals surface area (Å²) in [5.74, 6) is -5.02. The van der Waals surface area contributed by atoms with Gasteiger partial charge in [0.25, 0.3) is 0 Å². The Bertz CT molecular complexity index is 1040. The molecule has 0 bridgehead atoms. The van der Waals surface area contributed by atoms with Crippen LogP contribution in [-0.4, -0.2) is 35.0 Å². The quantitative estimate of drug-likeness (QED) is 0.750. The van der Waals surface area contributed by atoms with Gasteiger partial charge in [0.15, 0.2) is 0 Å². The van der Waals surface area contributed by atoms with Crippen LogP contribution in [0.15, 0.2) is 24.4 Å². The lowest BCUT2D eigenvalue weighted by atomic mass is 10.0. The molecule has 9 heteroatoms. The van der Waals surface area contributed by atoms with Crippen molar-refractivity contribution < 1.29 is 23.1 Å². The summed E-state index contributed by atoms with van der Waals surface area (Å²) in [6, 6.07) is 4.63. The fraction of sp³-hybridized carbons (Fsp3) is 0.429. The van der Waals surface area contributed by atoms with E-state index in [0.717, 1.165) is 24.1 Å². The Kier molecular flexibility index (Phi) is 4.71. The van der Waals surface area contributed by atoms with Gasteiger partial charge in [-0.25, -0.2) is 14.8 Å². The van der Waals surface area contributed by atoms with Gasteiger partial charge < -0.3 is 15.0 Å². The number of pyridine rings is 2. The number of hydrogen-bond donors (Lipinski definition) is 1. The molecule has 1 fully saturated rings. The van der Waals surface area contributed by atoms with Gasteiger partial charge in [-0.15, -0.1) is 0 Å². The van der Waals surface area contributed by atoms with Crippen molar-refractivity contribution in [2.45, 2.75) is 45.0 Å². The molecule has 3 heterocycles. The minimum atomic E-state index is -3.85. The molecular weight excluding hydrogens is 394 g/mol. The third-order valence-electron chi connectivity index (χ3n) is 5.45. The molecule has 1 aliphatic carbocycles. The molecule has 30 heavy (non-hydrogen) atoms. The van der Waals surface area contributed by atoms with E-state index in [9.17, 15) is 18.4 Å². The van der Waals surface area contributed by atoms with Gasteiger partial charge in [-0.05, 0) is 44.4 Å². The number of aromatic nitrogens is 2. The topological polar surface area (TPSA) is 84.4 Å². The van der Waals surface area contributed by atoms with E-state index in [4.69, 9.17) is 0 Å². The fourth-order valence-corrected chi connectivity index (χ4v) is 3.86. The van der Waals surface area contributed by atoms with Crippen LogP contribution in [0.3, 0.4) is 0 Å². The molecule has 7 nitrogen and oxygen atoms in total. The predicted molar refractivity (Wildman–Crippen MR) is 106 cm³/mol. The SMILES string of the molecule is CCOC(=O)C(F)(F)c1cc(C)cc(N2CC3(CC3)c3cnc(NC(C)=O)cc32)n1. The first kappa shape index (κ1) is 20.2. The van der Waals surface area contributed by atoms with Crippen molar-refractivity contribution >= 4 is 29.2 Å². The Hall–Kier alpha value is -3.10. The number of aryl methyl sites for hydroxylation is 1. The molecule has 2 aromatic rings. The molecule has 0 saturated heterocycles. The number of alkyl halides is 2. The summed E-state index contributed by atoms with van der Waals surface area (Å²) in [6.07, 6.45) is 3.67. The van der Waals surface area contributed by atoms with E-state index in [1.54, 1.807) is 25.3 Å². The Balaban J connectivity index is 1.76. The number of ether oxygens (including phenoxy) is 1. The molecule has 1 N–H and O–H groups in total. The van der Waals surface area contributed by atoms with Crippen molar-refractivity contribution in [1.29, 1.82) is 0 Å². The van der Waals surface area contributed by atoms with Crippen LogP contribution >= 0.6 is 0 Å². The number of anilines is 3. The van der Waals surface area contributed by atoms with Crippen LogP contribution in [0, 0.1) is 6.92 Å². The number of rotatable bonds is 5. The zero-order valence-electron chi connectivity index (χ0n) is 17.0. The Labute approximate surface area is 172 Å². The molecule has 2 aromatic heterocycles. The van der Waals surface area contributed by atoms with E-state index in [2.05, 4.69) is 20.0 Å². The minimum Gasteiger partial charge on any atom is -0.461 e. The van der Waals surface area contributed by atoms with Crippen molar-refractivity contribution in [3.8, 4) is 0 Å². The number of fused-ring (bicyclic) bond motifs is 2. The van der Waals surface area contributed by atoms with Crippen molar-refractivity contribution in [3.63, 3.8) is 0 Å². The van der Waals surface area contributed by atoms with Crippen molar-refractivity contribution in [3.05, 3.63) is 41.2 Å². The van der Waals surface area contributed by atoms with Crippen LogP contribution in [0.25, 0.3) is 0 Å². The number of nitrogens with zero attached hydrogens (tertiary/aromatic N) is 3. The number of carbonyl (C=O) groups excluding carboxylic acids is 2. The number of carbonyl (C=O) groups is 2. The second-order valence-corrected chi connectivity index (χ2v) is 7.82. The van der Waals surface area contributed by atoms with Crippen LogP contribution in [0.2, 0.25) is 0 Å². The third kappa shape index (κ3) is 3.38. The number of hydrogen-bond acceptors (Lipinski definition) is 6. The Morgan fingerprint density at radius 1 is 1.30 bits per heavy atom. The molecule has 1 spiro atoms. The standard InChI is InChI=1S/C21H22F2N4O3/c1-4-30-19(29)21(22,23)16-7-12(2)8-18(26-16)27-11-20(5-6-20)14-10-24-17(9-15(14)27)25-13(3)28/h7-10H,4-6,11H2,1-3H3,(H,24,25,28). The second kappa shape index (κ2) is 7.00. The van der Waals surface area contributed by atoms with Crippen LogP contribution in [-0.2, 0) is 25.7 Å². The monoisotopic (exact) mass is 416 g/mol. The van der Waals surface area contributed by atoms with Gasteiger partial charge in [-0.1, -0.05) is 0 Å². The van der Waals surface area contributed by atoms with Gasteiger partial charge in [0, 0.05) is 36.7 Å². The fourth-order valence-electron chi connectivity index (χ4n) is 3.86. The third-order valence-corrected chi connectivity index (χ3v) is 5.45. The van der Waals surface area contributed by atoms with E-state index in [0.29, 0.717) is 23.7 Å². The molecule has 0 unspecified atom stereocenters. The molecule has 2 aliphatic rings. The molecule has 0 atom stereocenters. The zero-order valence-corrected chi connectivity index (χ0v) is 17.0. The summed E-state index contributed by atoms with van der Waals surface area (Å²) in [6.45, 7) is 4.97. The van der Waals surface area contributed by atoms with E-state index in [-0.39, 0.29) is 17.9 Å². The average molecular weight is 416 g/mol. The van der Waals surface area contributed by atoms with Crippen LogP contribution in [0.1, 0.15) is 43.5 Å². The van der Waals surface area contributed by atoms with Gasteiger partial charge in [0.05, 0.1) is 12.3 Å². The maximum absolute atomic E-state index is 14.6. The first-order valence-electron chi connectivity index (χ1n) is 9.76. The first-order valence-corrected chi connectivity index (χ1v) is 9.76. The molecule has 1 amide bonds. The molecule has 1 aliphatic heterocycles. The summed E-state index contributed by atoms with van der Waals surface area (Å²) in [7, 11) is 0.